The topological polar surface area (TPSA) is 78.4 Å². The summed E-state index contributed by atoms with van der Waals surface area (Å²) in [7, 11) is 1.38. The lowest BCUT2D eigenvalue weighted by molar-refractivity contribution is -0.140. The Kier molecular flexibility index (Phi) is 4.62. The second-order valence-corrected chi connectivity index (χ2v) is 5.31. The van der Waals surface area contributed by atoms with Crippen LogP contribution < -0.4 is 0 Å². The fourth-order valence-electron chi connectivity index (χ4n) is 1.40. The van der Waals surface area contributed by atoms with Crippen LogP contribution in [0, 0.1) is 0 Å². The van der Waals surface area contributed by atoms with Gasteiger partial charge in [-0.1, -0.05) is 6.92 Å². The van der Waals surface area contributed by atoms with Gasteiger partial charge in [0.15, 0.2) is 5.76 Å². The first-order valence-corrected chi connectivity index (χ1v) is 6.78. The molecule has 2 aromatic rings. The van der Waals surface area contributed by atoms with Crippen molar-refractivity contribution in [2.24, 2.45) is 0 Å². The molecule has 0 aliphatic carbocycles. The maximum absolute atomic E-state index is 11.1. The van der Waals surface area contributed by atoms with Crippen LogP contribution in [0.2, 0.25) is 0 Å². The average molecular weight is 282 g/mol. The summed E-state index contributed by atoms with van der Waals surface area (Å²) < 4.78 is 15.2. The van der Waals surface area contributed by atoms with Crippen molar-refractivity contribution < 1.29 is 18.4 Å². The van der Waals surface area contributed by atoms with Crippen LogP contribution in [0.25, 0.3) is 11.7 Å². The Labute approximate surface area is 114 Å². The third kappa shape index (κ3) is 3.85. The molecular formula is C12H14N2O4S. The normalized spacial score (nSPS) is 12.3. The minimum absolute atomic E-state index is 0.131. The number of aromatic nitrogens is 2. The van der Waals surface area contributed by atoms with E-state index in [1.54, 1.807) is 30.2 Å². The first-order chi connectivity index (χ1) is 9.19. The quantitative estimate of drug-likeness (QED) is 0.753. The van der Waals surface area contributed by atoms with E-state index >= 15 is 0 Å². The standard InChI is InChI=1S/C12H14N2O4S/c1-8(6-11(15)16-2)19-7-10-13-14-12(18-10)9-4-3-5-17-9/h3-5,8H,6-7H2,1-2H3. The van der Waals surface area contributed by atoms with Gasteiger partial charge in [-0.15, -0.1) is 22.0 Å². The summed E-state index contributed by atoms with van der Waals surface area (Å²) in [6.45, 7) is 1.95. The maximum atomic E-state index is 11.1. The molecule has 0 aliphatic rings. The second-order valence-electron chi connectivity index (χ2n) is 3.88. The molecule has 0 fully saturated rings. The first-order valence-electron chi connectivity index (χ1n) is 5.73. The number of ether oxygens (including phenoxy) is 1. The Hall–Kier alpha value is -1.76. The zero-order chi connectivity index (χ0) is 13.7. The molecule has 19 heavy (non-hydrogen) atoms. The van der Waals surface area contributed by atoms with Crippen LogP contribution in [0.4, 0.5) is 0 Å². The highest BCUT2D eigenvalue weighted by Crippen LogP contribution is 2.23. The third-order valence-electron chi connectivity index (χ3n) is 2.37. The van der Waals surface area contributed by atoms with Gasteiger partial charge in [0.2, 0.25) is 5.89 Å². The molecule has 2 aromatic heterocycles. The molecule has 2 rings (SSSR count). The summed E-state index contributed by atoms with van der Waals surface area (Å²) >= 11 is 1.56. The fraction of sp³-hybridized carbons (Fsp3) is 0.417. The molecule has 0 saturated carbocycles. The SMILES string of the molecule is COC(=O)CC(C)SCc1nnc(-c2ccco2)o1. The Morgan fingerprint density at radius 2 is 2.37 bits per heavy atom. The van der Waals surface area contributed by atoms with Crippen LogP contribution in [-0.4, -0.2) is 28.5 Å². The lowest BCUT2D eigenvalue weighted by Gasteiger charge is -2.07. The van der Waals surface area contributed by atoms with E-state index < -0.39 is 0 Å². The minimum atomic E-state index is -0.221. The molecule has 0 bridgehead atoms. The van der Waals surface area contributed by atoms with Crippen LogP contribution >= 0.6 is 11.8 Å². The number of carbonyl (C=O) groups excluding carboxylic acids is 1. The third-order valence-corrected chi connectivity index (χ3v) is 3.52. The molecule has 2 heterocycles. The van der Waals surface area contributed by atoms with Gasteiger partial charge in [-0.3, -0.25) is 4.79 Å². The molecule has 7 heteroatoms. The monoisotopic (exact) mass is 282 g/mol. The van der Waals surface area contributed by atoms with Gasteiger partial charge in [-0.2, -0.15) is 0 Å². The second kappa shape index (κ2) is 6.42. The Balaban J connectivity index is 1.85. The van der Waals surface area contributed by atoms with Crippen molar-refractivity contribution in [2.75, 3.05) is 7.11 Å². The molecule has 0 amide bonds. The van der Waals surface area contributed by atoms with E-state index in [-0.39, 0.29) is 11.2 Å². The molecule has 0 saturated heterocycles. The zero-order valence-corrected chi connectivity index (χ0v) is 11.5. The van der Waals surface area contributed by atoms with Gasteiger partial charge in [-0.25, -0.2) is 0 Å². The van der Waals surface area contributed by atoms with Gasteiger partial charge >= 0.3 is 5.97 Å². The van der Waals surface area contributed by atoms with E-state index in [9.17, 15) is 4.79 Å². The fourth-order valence-corrected chi connectivity index (χ4v) is 2.20. The number of furan rings is 1. The van der Waals surface area contributed by atoms with Crippen LogP contribution in [0.3, 0.4) is 0 Å². The molecule has 0 aromatic carbocycles. The van der Waals surface area contributed by atoms with E-state index in [1.807, 2.05) is 6.92 Å². The molecule has 0 spiro atoms. The van der Waals surface area contributed by atoms with Crippen LogP contribution in [0.5, 0.6) is 0 Å². The van der Waals surface area contributed by atoms with Crippen molar-refractivity contribution in [3.63, 3.8) is 0 Å². The summed E-state index contributed by atoms with van der Waals surface area (Å²) in [5, 5.41) is 7.96. The summed E-state index contributed by atoms with van der Waals surface area (Å²) in [4.78, 5) is 11.1. The molecule has 102 valence electrons. The summed E-state index contributed by atoms with van der Waals surface area (Å²) in [5.74, 6) is 1.74. The van der Waals surface area contributed by atoms with E-state index in [0.717, 1.165) is 0 Å². The number of methoxy groups -OCH3 is 1. The summed E-state index contributed by atoms with van der Waals surface area (Å²) in [6.07, 6.45) is 1.91. The number of nitrogens with zero attached hydrogens (tertiary/aromatic N) is 2. The lowest BCUT2D eigenvalue weighted by Crippen LogP contribution is -2.08. The number of thioether (sulfide) groups is 1. The number of hydrogen-bond acceptors (Lipinski definition) is 7. The molecule has 0 N–H and O–H groups in total. The molecule has 0 aliphatic heterocycles. The van der Waals surface area contributed by atoms with Gasteiger partial charge in [0.25, 0.3) is 5.89 Å². The van der Waals surface area contributed by atoms with Gasteiger partial charge < -0.3 is 13.6 Å². The van der Waals surface area contributed by atoms with E-state index in [2.05, 4.69) is 14.9 Å². The maximum Gasteiger partial charge on any atom is 0.306 e. The van der Waals surface area contributed by atoms with Crippen molar-refractivity contribution in [3.8, 4) is 11.7 Å². The number of hydrogen-bond donors (Lipinski definition) is 0. The molecular weight excluding hydrogens is 268 g/mol. The van der Waals surface area contributed by atoms with E-state index in [4.69, 9.17) is 8.83 Å². The first kappa shape index (κ1) is 13.7. The Morgan fingerprint density at radius 3 is 3.05 bits per heavy atom. The van der Waals surface area contributed by atoms with Crippen LogP contribution in [0.1, 0.15) is 19.2 Å². The number of esters is 1. The minimum Gasteiger partial charge on any atom is -0.469 e. The lowest BCUT2D eigenvalue weighted by atomic mass is 10.3. The summed E-state index contributed by atoms with van der Waals surface area (Å²) in [6, 6.07) is 3.51. The van der Waals surface area contributed by atoms with Gasteiger partial charge in [0.1, 0.15) is 0 Å². The number of carbonyl (C=O) groups is 1. The van der Waals surface area contributed by atoms with E-state index in [1.165, 1.54) is 7.11 Å². The van der Waals surface area contributed by atoms with Gasteiger partial charge in [-0.05, 0) is 12.1 Å². The highest BCUT2D eigenvalue weighted by Gasteiger charge is 2.14. The molecule has 6 nitrogen and oxygen atoms in total. The van der Waals surface area contributed by atoms with Crippen molar-refractivity contribution >= 4 is 17.7 Å². The van der Waals surface area contributed by atoms with Crippen molar-refractivity contribution in [2.45, 2.75) is 24.3 Å². The molecule has 0 radical (unpaired) electrons. The van der Waals surface area contributed by atoms with Crippen LogP contribution in [-0.2, 0) is 15.3 Å². The Bertz CT molecular complexity index is 524. The highest BCUT2D eigenvalue weighted by atomic mass is 32.2. The predicted molar refractivity (Wildman–Crippen MR) is 69.4 cm³/mol. The highest BCUT2D eigenvalue weighted by molar-refractivity contribution is 7.99. The van der Waals surface area contributed by atoms with Gasteiger partial charge in [0, 0.05) is 5.25 Å². The molecule has 1 unspecified atom stereocenters. The smallest absolute Gasteiger partial charge is 0.306 e. The van der Waals surface area contributed by atoms with Crippen molar-refractivity contribution in [1.82, 2.24) is 10.2 Å². The van der Waals surface area contributed by atoms with Gasteiger partial charge in [0.05, 0.1) is 25.5 Å². The average Bonchev–Trinajstić information content (AvgIpc) is 3.06. The number of rotatable bonds is 6. The molecule has 1 atom stereocenters. The largest absolute Gasteiger partial charge is 0.469 e. The zero-order valence-electron chi connectivity index (χ0n) is 10.7. The van der Waals surface area contributed by atoms with Crippen molar-refractivity contribution in [3.05, 3.63) is 24.3 Å². The Morgan fingerprint density at radius 1 is 1.53 bits per heavy atom. The summed E-state index contributed by atoms with van der Waals surface area (Å²) in [5.41, 5.74) is 0. The van der Waals surface area contributed by atoms with Crippen molar-refractivity contribution in [1.29, 1.82) is 0 Å². The predicted octanol–water partition coefficient (Wildman–Crippen LogP) is 2.51. The van der Waals surface area contributed by atoms with Crippen LogP contribution in [0.15, 0.2) is 27.2 Å². The van der Waals surface area contributed by atoms with E-state index in [0.29, 0.717) is 29.7 Å².